The van der Waals surface area contributed by atoms with Crippen LogP contribution in [0.2, 0.25) is 0 Å². The highest BCUT2D eigenvalue weighted by molar-refractivity contribution is 6.17. The van der Waals surface area contributed by atoms with Crippen LogP contribution in [-0.4, -0.2) is 6.61 Å². The summed E-state index contributed by atoms with van der Waals surface area (Å²) in [5, 5.41) is 0. The number of ether oxygens (including phenoxy) is 1. The van der Waals surface area contributed by atoms with Crippen molar-refractivity contribution in [1.82, 2.24) is 0 Å². The quantitative estimate of drug-likeness (QED) is 0.562. The van der Waals surface area contributed by atoms with E-state index < -0.39 is 0 Å². The molecular weight excluding hydrogens is 232 g/mol. The van der Waals surface area contributed by atoms with Crippen LogP contribution in [0.15, 0.2) is 24.8 Å². The number of hydrogen-bond acceptors (Lipinski definition) is 1. The van der Waals surface area contributed by atoms with Crippen LogP contribution >= 0.6 is 11.6 Å². The first-order chi connectivity index (χ1) is 7.90. The minimum atomic E-state index is 0.0450. The summed E-state index contributed by atoms with van der Waals surface area (Å²) in [6.07, 6.45) is 1.75. The molecule has 1 aromatic rings. The van der Waals surface area contributed by atoms with Crippen molar-refractivity contribution in [3.05, 3.63) is 41.5 Å². The molecule has 1 nitrogen and oxygen atoms in total. The number of rotatable bonds is 4. The molecule has 0 amide bonds. The van der Waals surface area contributed by atoms with E-state index in [1.807, 2.05) is 0 Å². The summed E-state index contributed by atoms with van der Waals surface area (Å²) in [6, 6.07) is 4.26. The smallest absolute Gasteiger partial charge is 0.127 e. The third kappa shape index (κ3) is 3.50. The van der Waals surface area contributed by atoms with Gasteiger partial charge in [0.15, 0.2) is 0 Å². The molecule has 0 aliphatic carbocycles. The van der Waals surface area contributed by atoms with E-state index in [2.05, 4.69) is 46.4 Å². The molecule has 0 aromatic heterocycles. The van der Waals surface area contributed by atoms with E-state index in [9.17, 15) is 0 Å². The minimum Gasteiger partial charge on any atom is -0.489 e. The van der Waals surface area contributed by atoms with Crippen molar-refractivity contribution < 1.29 is 4.74 Å². The van der Waals surface area contributed by atoms with Gasteiger partial charge in [0.1, 0.15) is 12.4 Å². The maximum absolute atomic E-state index is 6.00. The molecule has 2 heteroatoms. The number of hydrogen-bond donors (Lipinski definition) is 0. The topological polar surface area (TPSA) is 9.23 Å². The van der Waals surface area contributed by atoms with Gasteiger partial charge in [0.25, 0.3) is 0 Å². The molecular formula is C15H21ClO. The molecule has 0 aliphatic heterocycles. The molecule has 1 aromatic carbocycles. The molecule has 0 fully saturated rings. The van der Waals surface area contributed by atoms with Crippen LogP contribution in [0, 0.1) is 6.92 Å². The highest BCUT2D eigenvalue weighted by atomic mass is 35.5. The third-order valence-electron chi connectivity index (χ3n) is 2.61. The zero-order chi connectivity index (χ0) is 13.1. The summed E-state index contributed by atoms with van der Waals surface area (Å²) in [7, 11) is 0. The van der Waals surface area contributed by atoms with Crippen LogP contribution in [-0.2, 0) is 11.3 Å². The van der Waals surface area contributed by atoms with Gasteiger partial charge in [-0.15, -0.1) is 11.6 Å². The molecule has 0 unspecified atom stereocenters. The average Bonchev–Trinajstić information content (AvgIpc) is 2.25. The number of alkyl halides is 1. The van der Waals surface area contributed by atoms with Crippen molar-refractivity contribution in [2.75, 3.05) is 6.61 Å². The minimum absolute atomic E-state index is 0.0450. The van der Waals surface area contributed by atoms with E-state index in [1.54, 1.807) is 6.08 Å². The zero-order valence-electron chi connectivity index (χ0n) is 11.1. The summed E-state index contributed by atoms with van der Waals surface area (Å²) in [6.45, 7) is 12.8. The Bertz CT molecular complexity index is 402. The van der Waals surface area contributed by atoms with Crippen molar-refractivity contribution in [1.29, 1.82) is 0 Å². The van der Waals surface area contributed by atoms with Gasteiger partial charge in [-0.25, -0.2) is 0 Å². The number of halogens is 1. The van der Waals surface area contributed by atoms with Gasteiger partial charge in [0, 0.05) is 11.1 Å². The Hall–Kier alpha value is -0.950. The van der Waals surface area contributed by atoms with E-state index in [-0.39, 0.29) is 5.41 Å². The van der Waals surface area contributed by atoms with Gasteiger partial charge < -0.3 is 4.74 Å². The second-order valence-corrected chi connectivity index (χ2v) is 5.55. The summed E-state index contributed by atoms with van der Waals surface area (Å²) in [4.78, 5) is 0. The molecule has 0 bridgehead atoms. The second-order valence-electron chi connectivity index (χ2n) is 5.28. The molecule has 0 atom stereocenters. The fourth-order valence-corrected chi connectivity index (χ4v) is 2.02. The van der Waals surface area contributed by atoms with Crippen molar-refractivity contribution in [2.24, 2.45) is 0 Å². The van der Waals surface area contributed by atoms with E-state index in [4.69, 9.17) is 16.3 Å². The molecule has 0 spiro atoms. The summed E-state index contributed by atoms with van der Waals surface area (Å²) >= 11 is 6.00. The van der Waals surface area contributed by atoms with Gasteiger partial charge in [-0.2, -0.15) is 0 Å². The summed E-state index contributed by atoms with van der Waals surface area (Å²) in [5.74, 6) is 1.38. The standard InChI is InChI=1S/C15H21ClO/c1-6-7-17-14-12(10-16)8-11(2)9-13(14)15(3,4)5/h6,8-9H,1,7,10H2,2-5H3. The normalized spacial score (nSPS) is 11.4. The number of aryl methyl sites for hydroxylation is 1. The van der Waals surface area contributed by atoms with Gasteiger partial charge in [-0.05, 0) is 12.3 Å². The van der Waals surface area contributed by atoms with Gasteiger partial charge >= 0.3 is 0 Å². The fourth-order valence-electron chi connectivity index (χ4n) is 1.82. The first-order valence-electron chi connectivity index (χ1n) is 5.83. The summed E-state index contributed by atoms with van der Waals surface area (Å²) < 4.78 is 5.79. The Labute approximate surface area is 109 Å². The Morgan fingerprint density at radius 3 is 2.47 bits per heavy atom. The molecule has 1 rings (SSSR count). The molecule has 0 aliphatic rings. The highest BCUT2D eigenvalue weighted by Gasteiger charge is 2.21. The Balaban J connectivity index is 3.33. The Morgan fingerprint density at radius 1 is 1.35 bits per heavy atom. The van der Waals surface area contributed by atoms with Crippen LogP contribution in [0.25, 0.3) is 0 Å². The van der Waals surface area contributed by atoms with E-state index in [0.717, 1.165) is 11.3 Å². The van der Waals surface area contributed by atoms with Crippen LogP contribution in [0.1, 0.15) is 37.5 Å². The van der Waals surface area contributed by atoms with Crippen molar-refractivity contribution in [2.45, 2.75) is 39.0 Å². The predicted molar refractivity (Wildman–Crippen MR) is 75.1 cm³/mol. The lowest BCUT2D eigenvalue weighted by atomic mass is 9.84. The molecule has 0 saturated heterocycles. The SMILES string of the molecule is C=CCOc1c(CCl)cc(C)cc1C(C)(C)C. The second kappa shape index (κ2) is 5.59. The largest absolute Gasteiger partial charge is 0.489 e. The van der Waals surface area contributed by atoms with E-state index in [1.165, 1.54) is 11.1 Å². The van der Waals surface area contributed by atoms with Crippen LogP contribution in [0.3, 0.4) is 0 Å². The maximum atomic E-state index is 6.00. The first kappa shape index (κ1) is 14.1. The Morgan fingerprint density at radius 2 is 2.00 bits per heavy atom. The van der Waals surface area contributed by atoms with Crippen LogP contribution in [0.4, 0.5) is 0 Å². The van der Waals surface area contributed by atoms with Crippen molar-refractivity contribution in [3.8, 4) is 5.75 Å². The van der Waals surface area contributed by atoms with Crippen LogP contribution < -0.4 is 4.74 Å². The van der Waals surface area contributed by atoms with Gasteiger partial charge in [0.05, 0.1) is 5.88 Å². The molecule has 0 saturated carbocycles. The monoisotopic (exact) mass is 252 g/mol. The lowest BCUT2D eigenvalue weighted by Gasteiger charge is -2.25. The average molecular weight is 253 g/mol. The molecule has 0 heterocycles. The molecule has 0 radical (unpaired) electrons. The molecule has 94 valence electrons. The van der Waals surface area contributed by atoms with Crippen molar-refractivity contribution >= 4 is 11.6 Å². The van der Waals surface area contributed by atoms with Crippen LogP contribution in [0.5, 0.6) is 5.75 Å². The van der Waals surface area contributed by atoms with E-state index >= 15 is 0 Å². The molecule has 0 N–H and O–H groups in total. The van der Waals surface area contributed by atoms with Gasteiger partial charge in [-0.3, -0.25) is 0 Å². The summed E-state index contributed by atoms with van der Waals surface area (Å²) in [5.41, 5.74) is 3.52. The van der Waals surface area contributed by atoms with Gasteiger partial charge in [-0.1, -0.05) is 51.1 Å². The van der Waals surface area contributed by atoms with E-state index in [0.29, 0.717) is 12.5 Å². The number of benzene rings is 1. The Kier molecular flexibility index (Phi) is 4.64. The molecule has 17 heavy (non-hydrogen) atoms. The first-order valence-corrected chi connectivity index (χ1v) is 6.37. The highest BCUT2D eigenvalue weighted by Crippen LogP contribution is 2.36. The fraction of sp³-hybridized carbons (Fsp3) is 0.467. The predicted octanol–water partition coefficient (Wildman–Crippen LogP) is 4.60. The lowest BCUT2D eigenvalue weighted by Crippen LogP contribution is -2.15. The third-order valence-corrected chi connectivity index (χ3v) is 2.90. The van der Waals surface area contributed by atoms with Crippen molar-refractivity contribution in [3.63, 3.8) is 0 Å². The zero-order valence-corrected chi connectivity index (χ0v) is 11.9. The maximum Gasteiger partial charge on any atom is 0.127 e. The lowest BCUT2D eigenvalue weighted by molar-refractivity contribution is 0.348. The van der Waals surface area contributed by atoms with Gasteiger partial charge in [0.2, 0.25) is 0 Å².